The van der Waals surface area contributed by atoms with Crippen molar-refractivity contribution in [1.29, 1.82) is 0 Å². The van der Waals surface area contributed by atoms with E-state index in [4.69, 9.17) is 10.5 Å². The summed E-state index contributed by atoms with van der Waals surface area (Å²) in [6.45, 7) is 4.42. The third kappa shape index (κ3) is 3.72. The van der Waals surface area contributed by atoms with Gasteiger partial charge in [0.25, 0.3) is 0 Å². The lowest BCUT2D eigenvalue weighted by atomic mass is 10.4. The first-order valence-electron chi connectivity index (χ1n) is 4.72. The predicted molar refractivity (Wildman–Crippen MR) is 50.3 cm³/mol. The van der Waals surface area contributed by atoms with E-state index in [-0.39, 0.29) is 0 Å². The van der Waals surface area contributed by atoms with Crippen molar-refractivity contribution in [2.24, 2.45) is 16.6 Å². The van der Waals surface area contributed by atoms with Crippen LogP contribution in [0.15, 0.2) is 4.99 Å². The van der Waals surface area contributed by atoms with E-state index in [1.165, 1.54) is 12.8 Å². The molecule has 0 aromatic rings. The molecule has 0 unspecified atom stereocenters. The molecule has 2 N–H and O–H groups in total. The van der Waals surface area contributed by atoms with Gasteiger partial charge in [-0.05, 0) is 26.2 Å². The largest absolute Gasteiger partial charge is 0.387 e. The van der Waals surface area contributed by atoms with E-state index >= 15 is 0 Å². The summed E-state index contributed by atoms with van der Waals surface area (Å²) in [4.78, 5) is 4.27. The van der Waals surface area contributed by atoms with Crippen LogP contribution in [0.1, 0.15) is 26.2 Å². The highest BCUT2D eigenvalue weighted by molar-refractivity contribution is 5.84. The van der Waals surface area contributed by atoms with Gasteiger partial charge in [-0.25, -0.2) is 0 Å². The number of rotatable bonds is 6. The van der Waals surface area contributed by atoms with Gasteiger partial charge in [0.2, 0.25) is 0 Å². The molecule has 0 aromatic heterocycles. The van der Waals surface area contributed by atoms with Crippen LogP contribution in [0, 0.1) is 5.92 Å². The van der Waals surface area contributed by atoms with E-state index in [1.807, 2.05) is 6.92 Å². The van der Waals surface area contributed by atoms with Gasteiger partial charge in [-0.3, -0.25) is 4.99 Å². The number of ether oxygens (including phenoxy) is 1. The predicted octanol–water partition coefficient (Wildman–Crippen LogP) is 1.18. The molecule has 70 valence electrons. The summed E-state index contributed by atoms with van der Waals surface area (Å²) < 4.78 is 5.18. The Morgan fingerprint density at radius 2 is 2.33 bits per heavy atom. The van der Waals surface area contributed by atoms with Crippen LogP contribution in [-0.2, 0) is 4.74 Å². The number of nitrogens with zero attached hydrogens (tertiary/aromatic N) is 1. The summed E-state index contributed by atoms with van der Waals surface area (Å²) in [5.41, 5.74) is 5.70. The Kier molecular flexibility index (Phi) is 4.08. The highest BCUT2D eigenvalue weighted by atomic mass is 16.5. The minimum atomic E-state index is 0.608. The zero-order valence-corrected chi connectivity index (χ0v) is 7.75. The standard InChI is InChI=1S/C9H18N2O/c1-2-12-7-3-6-11-9(10)8-4-5-8/h8H,2-7H2,1H3,(H2,10,11). The van der Waals surface area contributed by atoms with Gasteiger partial charge in [-0.1, -0.05) is 0 Å². The van der Waals surface area contributed by atoms with E-state index in [9.17, 15) is 0 Å². The summed E-state index contributed by atoms with van der Waals surface area (Å²) >= 11 is 0. The van der Waals surface area contributed by atoms with Crippen molar-refractivity contribution < 1.29 is 4.74 Å². The molecule has 1 saturated carbocycles. The second kappa shape index (κ2) is 5.14. The molecule has 1 rings (SSSR count). The summed E-state index contributed by atoms with van der Waals surface area (Å²) in [7, 11) is 0. The normalized spacial score (nSPS) is 18.2. The average molecular weight is 170 g/mol. The number of hydrogen-bond acceptors (Lipinski definition) is 2. The zero-order chi connectivity index (χ0) is 8.81. The SMILES string of the molecule is CCOCCCN=C(N)C1CC1. The van der Waals surface area contributed by atoms with Crippen LogP contribution in [0.3, 0.4) is 0 Å². The molecule has 0 radical (unpaired) electrons. The Hall–Kier alpha value is -0.570. The van der Waals surface area contributed by atoms with E-state index in [0.29, 0.717) is 5.92 Å². The molecule has 1 fully saturated rings. The highest BCUT2D eigenvalue weighted by Crippen LogP contribution is 2.28. The van der Waals surface area contributed by atoms with Crippen molar-refractivity contribution in [3.63, 3.8) is 0 Å². The second-order valence-electron chi connectivity index (χ2n) is 3.13. The summed E-state index contributed by atoms with van der Waals surface area (Å²) in [6.07, 6.45) is 3.46. The molecule has 0 atom stereocenters. The Morgan fingerprint density at radius 1 is 1.58 bits per heavy atom. The summed E-state index contributed by atoms with van der Waals surface area (Å²) in [5, 5.41) is 0. The number of hydrogen-bond donors (Lipinski definition) is 1. The van der Waals surface area contributed by atoms with Crippen molar-refractivity contribution in [2.75, 3.05) is 19.8 Å². The lowest BCUT2D eigenvalue weighted by Gasteiger charge is -1.99. The van der Waals surface area contributed by atoms with Crippen molar-refractivity contribution >= 4 is 5.84 Å². The topological polar surface area (TPSA) is 47.6 Å². The molecule has 0 amide bonds. The third-order valence-electron chi connectivity index (χ3n) is 1.94. The maximum atomic E-state index is 5.70. The molecule has 1 aliphatic rings. The van der Waals surface area contributed by atoms with Crippen LogP contribution in [0.25, 0.3) is 0 Å². The number of aliphatic imine (C=N–C) groups is 1. The fourth-order valence-corrected chi connectivity index (χ4v) is 1.03. The van der Waals surface area contributed by atoms with Crippen LogP contribution in [-0.4, -0.2) is 25.6 Å². The zero-order valence-electron chi connectivity index (χ0n) is 7.75. The maximum absolute atomic E-state index is 5.70. The smallest absolute Gasteiger partial charge is 0.0968 e. The third-order valence-corrected chi connectivity index (χ3v) is 1.94. The molecule has 0 aromatic carbocycles. The van der Waals surface area contributed by atoms with Gasteiger partial charge in [0.05, 0.1) is 5.84 Å². The molecular formula is C9H18N2O. The van der Waals surface area contributed by atoms with Crippen LogP contribution in [0.4, 0.5) is 0 Å². The Morgan fingerprint density at radius 3 is 2.92 bits per heavy atom. The van der Waals surface area contributed by atoms with E-state index in [2.05, 4.69) is 4.99 Å². The number of amidine groups is 1. The van der Waals surface area contributed by atoms with Gasteiger partial charge >= 0.3 is 0 Å². The van der Waals surface area contributed by atoms with Gasteiger partial charge in [-0.15, -0.1) is 0 Å². The minimum absolute atomic E-state index is 0.608. The van der Waals surface area contributed by atoms with Crippen molar-refractivity contribution in [3.8, 4) is 0 Å². The maximum Gasteiger partial charge on any atom is 0.0968 e. The molecule has 12 heavy (non-hydrogen) atoms. The average Bonchev–Trinajstić information content (AvgIpc) is 2.86. The van der Waals surface area contributed by atoms with E-state index in [1.54, 1.807) is 0 Å². The molecule has 0 aliphatic heterocycles. The molecule has 3 heteroatoms. The van der Waals surface area contributed by atoms with E-state index < -0.39 is 0 Å². The molecule has 3 nitrogen and oxygen atoms in total. The van der Waals surface area contributed by atoms with Crippen LogP contribution >= 0.6 is 0 Å². The van der Waals surface area contributed by atoms with Crippen molar-refractivity contribution in [3.05, 3.63) is 0 Å². The van der Waals surface area contributed by atoms with Crippen molar-refractivity contribution in [1.82, 2.24) is 0 Å². The molecule has 0 bridgehead atoms. The lowest BCUT2D eigenvalue weighted by Crippen LogP contribution is -2.14. The second-order valence-corrected chi connectivity index (χ2v) is 3.13. The number of nitrogens with two attached hydrogens (primary N) is 1. The Balaban J connectivity index is 1.96. The van der Waals surface area contributed by atoms with Crippen LogP contribution in [0.2, 0.25) is 0 Å². The van der Waals surface area contributed by atoms with Gasteiger partial charge in [0.1, 0.15) is 0 Å². The van der Waals surface area contributed by atoms with Gasteiger partial charge in [0, 0.05) is 25.7 Å². The first kappa shape index (κ1) is 9.52. The lowest BCUT2D eigenvalue weighted by molar-refractivity contribution is 0.146. The van der Waals surface area contributed by atoms with E-state index in [0.717, 1.165) is 32.0 Å². The molecule has 0 spiro atoms. The minimum Gasteiger partial charge on any atom is -0.387 e. The fourth-order valence-electron chi connectivity index (χ4n) is 1.03. The Bertz CT molecular complexity index is 153. The van der Waals surface area contributed by atoms with Crippen molar-refractivity contribution in [2.45, 2.75) is 26.2 Å². The first-order valence-corrected chi connectivity index (χ1v) is 4.72. The monoisotopic (exact) mass is 170 g/mol. The fraction of sp³-hybridized carbons (Fsp3) is 0.889. The summed E-state index contributed by atoms with van der Waals surface area (Å²) in [6, 6.07) is 0. The van der Waals surface area contributed by atoms with Crippen LogP contribution in [0.5, 0.6) is 0 Å². The quantitative estimate of drug-likeness (QED) is 0.369. The Labute approximate surface area is 74.0 Å². The van der Waals surface area contributed by atoms with Crippen LogP contribution < -0.4 is 5.73 Å². The molecule has 0 saturated heterocycles. The molecule has 0 heterocycles. The first-order chi connectivity index (χ1) is 5.84. The van der Waals surface area contributed by atoms with Gasteiger partial charge in [0.15, 0.2) is 0 Å². The summed E-state index contributed by atoms with van der Waals surface area (Å²) in [5.74, 6) is 1.46. The molecule has 1 aliphatic carbocycles. The molecular weight excluding hydrogens is 152 g/mol. The van der Waals surface area contributed by atoms with Gasteiger partial charge < -0.3 is 10.5 Å². The van der Waals surface area contributed by atoms with Gasteiger partial charge in [-0.2, -0.15) is 0 Å². The highest BCUT2D eigenvalue weighted by Gasteiger charge is 2.24.